The zero-order chi connectivity index (χ0) is 13.5. The summed E-state index contributed by atoms with van der Waals surface area (Å²) in [5.41, 5.74) is 0. The Kier molecular flexibility index (Phi) is 5.63. The van der Waals surface area contributed by atoms with Crippen LogP contribution in [0.15, 0.2) is 0 Å². The van der Waals surface area contributed by atoms with E-state index in [9.17, 15) is 9.59 Å². The zero-order valence-corrected chi connectivity index (χ0v) is 11.2. The third kappa shape index (κ3) is 4.36. The molecule has 1 saturated heterocycles. The fourth-order valence-electron chi connectivity index (χ4n) is 1.97. The standard InChI is InChI=1S/C13H21N3O2/c1-11-4-5-12(17)16(9-6-11)10-13(18)15(2)8-3-7-14/h11H,3-6,8-10H2,1-2H3. The van der Waals surface area contributed by atoms with Gasteiger partial charge in [0.25, 0.3) is 0 Å². The van der Waals surface area contributed by atoms with Gasteiger partial charge in [-0.25, -0.2) is 0 Å². The summed E-state index contributed by atoms with van der Waals surface area (Å²) >= 11 is 0. The van der Waals surface area contributed by atoms with Gasteiger partial charge >= 0.3 is 0 Å². The Morgan fingerprint density at radius 3 is 2.94 bits per heavy atom. The van der Waals surface area contributed by atoms with Gasteiger partial charge in [0.1, 0.15) is 0 Å². The maximum absolute atomic E-state index is 11.9. The number of likely N-dealkylation sites (N-methyl/N-ethyl adjacent to an activating group) is 1. The van der Waals surface area contributed by atoms with Crippen LogP contribution in [0.4, 0.5) is 0 Å². The van der Waals surface area contributed by atoms with E-state index < -0.39 is 0 Å². The minimum Gasteiger partial charge on any atom is -0.343 e. The van der Waals surface area contributed by atoms with Gasteiger partial charge in [0.05, 0.1) is 19.0 Å². The first kappa shape index (κ1) is 14.5. The van der Waals surface area contributed by atoms with E-state index in [1.54, 1.807) is 11.9 Å². The Hall–Kier alpha value is -1.57. The largest absolute Gasteiger partial charge is 0.343 e. The first-order chi connectivity index (χ1) is 8.54. The van der Waals surface area contributed by atoms with Crippen molar-refractivity contribution < 1.29 is 9.59 Å². The van der Waals surface area contributed by atoms with Gasteiger partial charge in [0.2, 0.25) is 11.8 Å². The number of carbonyl (C=O) groups is 2. The van der Waals surface area contributed by atoms with E-state index in [1.807, 2.05) is 6.07 Å². The fraction of sp³-hybridized carbons (Fsp3) is 0.769. The molecule has 1 rings (SSSR count). The summed E-state index contributed by atoms with van der Waals surface area (Å²) in [5, 5.41) is 8.47. The van der Waals surface area contributed by atoms with Crippen LogP contribution in [0, 0.1) is 17.2 Å². The van der Waals surface area contributed by atoms with Crippen molar-refractivity contribution in [3.63, 3.8) is 0 Å². The lowest BCUT2D eigenvalue weighted by molar-refractivity contribution is -0.139. The number of nitriles is 1. The zero-order valence-electron chi connectivity index (χ0n) is 11.2. The number of carbonyl (C=O) groups excluding carboxylic acids is 2. The third-order valence-electron chi connectivity index (χ3n) is 3.41. The molecule has 1 heterocycles. The summed E-state index contributed by atoms with van der Waals surface area (Å²) in [4.78, 5) is 26.9. The maximum Gasteiger partial charge on any atom is 0.241 e. The van der Waals surface area contributed by atoms with E-state index in [4.69, 9.17) is 5.26 Å². The van der Waals surface area contributed by atoms with Crippen molar-refractivity contribution in [1.29, 1.82) is 5.26 Å². The molecule has 0 aromatic rings. The van der Waals surface area contributed by atoms with E-state index in [2.05, 4.69) is 6.92 Å². The molecular formula is C13H21N3O2. The summed E-state index contributed by atoms with van der Waals surface area (Å²) in [6, 6.07) is 2.01. The third-order valence-corrected chi connectivity index (χ3v) is 3.41. The Bertz CT molecular complexity index is 349. The monoisotopic (exact) mass is 251 g/mol. The average molecular weight is 251 g/mol. The van der Waals surface area contributed by atoms with Crippen LogP contribution in [0.1, 0.15) is 32.6 Å². The molecule has 100 valence electrons. The molecule has 5 heteroatoms. The lowest BCUT2D eigenvalue weighted by atomic mass is 10.0. The summed E-state index contributed by atoms with van der Waals surface area (Å²) < 4.78 is 0. The van der Waals surface area contributed by atoms with Crippen molar-refractivity contribution in [3.8, 4) is 6.07 Å². The Balaban J connectivity index is 2.47. The molecule has 1 atom stereocenters. The number of rotatable bonds is 4. The van der Waals surface area contributed by atoms with E-state index in [1.165, 1.54) is 4.90 Å². The van der Waals surface area contributed by atoms with Crippen LogP contribution >= 0.6 is 0 Å². The van der Waals surface area contributed by atoms with Crippen LogP contribution in [0.5, 0.6) is 0 Å². The second kappa shape index (κ2) is 7.00. The highest BCUT2D eigenvalue weighted by molar-refractivity contribution is 5.84. The topological polar surface area (TPSA) is 64.4 Å². The molecule has 0 bridgehead atoms. The molecule has 1 aliphatic heterocycles. The quantitative estimate of drug-likeness (QED) is 0.749. The SMILES string of the molecule is CC1CCC(=O)N(CC(=O)N(C)CCC#N)CC1. The minimum absolute atomic E-state index is 0.0707. The highest BCUT2D eigenvalue weighted by Crippen LogP contribution is 2.17. The molecular weight excluding hydrogens is 230 g/mol. The lowest BCUT2D eigenvalue weighted by Gasteiger charge is -2.23. The summed E-state index contributed by atoms with van der Waals surface area (Å²) in [5.74, 6) is 0.528. The van der Waals surface area contributed by atoms with E-state index in [0.29, 0.717) is 31.8 Å². The van der Waals surface area contributed by atoms with Gasteiger partial charge in [-0.2, -0.15) is 5.26 Å². The molecule has 1 fully saturated rings. The smallest absolute Gasteiger partial charge is 0.241 e. The molecule has 1 aliphatic rings. The van der Waals surface area contributed by atoms with Crippen LogP contribution in [-0.2, 0) is 9.59 Å². The van der Waals surface area contributed by atoms with Crippen molar-refractivity contribution >= 4 is 11.8 Å². The van der Waals surface area contributed by atoms with Crippen molar-refractivity contribution in [2.24, 2.45) is 5.92 Å². The van der Waals surface area contributed by atoms with Crippen molar-refractivity contribution in [2.75, 3.05) is 26.7 Å². The molecule has 0 aromatic carbocycles. The van der Waals surface area contributed by atoms with Crippen molar-refractivity contribution in [1.82, 2.24) is 9.80 Å². The van der Waals surface area contributed by atoms with Crippen LogP contribution in [0.3, 0.4) is 0 Å². The summed E-state index contributed by atoms with van der Waals surface area (Å²) in [7, 11) is 1.67. The summed E-state index contributed by atoms with van der Waals surface area (Å²) in [6.07, 6.45) is 2.73. The first-order valence-corrected chi connectivity index (χ1v) is 6.43. The van der Waals surface area contributed by atoms with Gasteiger partial charge in [-0.15, -0.1) is 0 Å². The normalized spacial score (nSPS) is 20.2. The Morgan fingerprint density at radius 1 is 1.56 bits per heavy atom. The molecule has 0 saturated carbocycles. The van der Waals surface area contributed by atoms with Gasteiger partial charge in [0.15, 0.2) is 0 Å². The number of likely N-dealkylation sites (tertiary alicyclic amines) is 1. The number of amides is 2. The fourth-order valence-corrected chi connectivity index (χ4v) is 1.97. The predicted molar refractivity (Wildman–Crippen MR) is 67.5 cm³/mol. The number of nitrogens with zero attached hydrogens (tertiary/aromatic N) is 3. The van der Waals surface area contributed by atoms with Crippen LogP contribution in [0.2, 0.25) is 0 Å². The highest BCUT2D eigenvalue weighted by Gasteiger charge is 2.23. The lowest BCUT2D eigenvalue weighted by Crippen LogP contribution is -2.41. The predicted octanol–water partition coefficient (Wildman–Crippen LogP) is 1.01. The second-order valence-corrected chi connectivity index (χ2v) is 4.97. The Labute approximate surface area is 108 Å². The number of hydrogen-bond donors (Lipinski definition) is 0. The molecule has 1 unspecified atom stereocenters. The number of hydrogen-bond acceptors (Lipinski definition) is 3. The molecule has 0 aromatic heterocycles. The van der Waals surface area contributed by atoms with Crippen molar-refractivity contribution in [3.05, 3.63) is 0 Å². The minimum atomic E-state index is -0.0897. The molecule has 0 spiro atoms. The maximum atomic E-state index is 11.9. The molecule has 2 amide bonds. The summed E-state index contributed by atoms with van der Waals surface area (Å²) in [6.45, 7) is 3.37. The second-order valence-electron chi connectivity index (χ2n) is 4.97. The highest BCUT2D eigenvalue weighted by atomic mass is 16.2. The molecule has 0 radical (unpaired) electrons. The van der Waals surface area contributed by atoms with E-state index in [-0.39, 0.29) is 18.4 Å². The van der Waals surface area contributed by atoms with Gasteiger partial charge in [0, 0.05) is 26.6 Å². The molecule has 0 N–H and O–H groups in total. The van der Waals surface area contributed by atoms with Crippen LogP contribution < -0.4 is 0 Å². The van der Waals surface area contributed by atoms with Gasteiger partial charge in [-0.1, -0.05) is 6.92 Å². The van der Waals surface area contributed by atoms with Gasteiger partial charge < -0.3 is 9.80 Å². The van der Waals surface area contributed by atoms with Gasteiger partial charge in [-0.05, 0) is 18.8 Å². The Morgan fingerprint density at radius 2 is 2.28 bits per heavy atom. The van der Waals surface area contributed by atoms with Gasteiger partial charge in [-0.3, -0.25) is 9.59 Å². The average Bonchev–Trinajstić information content (AvgIpc) is 2.51. The van der Waals surface area contributed by atoms with Crippen molar-refractivity contribution in [2.45, 2.75) is 32.6 Å². The molecule has 5 nitrogen and oxygen atoms in total. The molecule has 18 heavy (non-hydrogen) atoms. The van der Waals surface area contributed by atoms with Crippen LogP contribution in [0.25, 0.3) is 0 Å². The van der Waals surface area contributed by atoms with Crippen LogP contribution in [-0.4, -0.2) is 48.3 Å². The van der Waals surface area contributed by atoms with E-state index in [0.717, 1.165) is 12.8 Å². The first-order valence-electron chi connectivity index (χ1n) is 6.43. The van der Waals surface area contributed by atoms with E-state index >= 15 is 0 Å². The molecule has 0 aliphatic carbocycles.